The van der Waals surface area contributed by atoms with Crippen molar-refractivity contribution in [2.45, 2.75) is 12.8 Å². The van der Waals surface area contributed by atoms with Crippen LogP contribution in [0.3, 0.4) is 0 Å². The summed E-state index contributed by atoms with van der Waals surface area (Å²) >= 11 is 1.46. The molecule has 1 aliphatic heterocycles. The number of fused-ring (bicyclic) bond motifs is 1. The number of rotatable bonds is 4. The van der Waals surface area contributed by atoms with Gasteiger partial charge in [-0.15, -0.1) is 11.3 Å². The molecule has 28 heavy (non-hydrogen) atoms. The van der Waals surface area contributed by atoms with Gasteiger partial charge in [0.1, 0.15) is 0 Å². The van der Waals surface area contributed by atoms with Gasteiger partial charge in [-0.3, -0.25) is 9.59 Å². The number of nitrogens with zero attached hydrogens (tertiary/aromatic N) is 3. The van der Waals surface area contributed by atoms with Crippen LogP contribution in [0.1, 0.15) is 33.0 Å². The van der Waals surface area contributed by atoms with Crippen molar-refractivity contribution in [3.63, 3.8) is 0 Å². The number of para-hydroxylation sites is 1. The maximum atomic E-state index is 12.9. The average molecular weight is 394 g/mol. The van der Waals surface area contributed by atoms with E-state index in [1.165, 1.54) is 11.3 Å². The summed E-state index contributed by atoms with van der Waals surface area (Å²) in [4.78, 5) is 34.1. The third-order valence-corrected chi connectivity index (χ3v) is 6.32. The van der Waals surface area contributed by atoms with E-state index in [0.29, 0.717) is 36.5 Å². The van der Waals surface area contributed by atoms with Crippen LogP contribution >= 0.6 is 11.3 Å². The van der Waals surface area contributed by atoms with E-state index in [1.807, 2.05) is 72.4 Å². The zero-order valence-corrected chi connectivity index (χ0v) is 16.9. The lowest BCUT2D eigenvalue weighted by Crippen LogP contribution is -2.40. The first-order chi connectivity index (χ1) is 13.5. The van der Waals surface area contributed by atoms with Gasteiger partial charge in [0, 0.05) is 44.4 Å². The van der Waals surface area contributed by atoms with Crippen molar-refractivity contribution in [3.05, 3.63) is 59.1 Å². The molecule has 2 aromatic carbocycles. The van der Waals surface area contributed by atoms with E-state index in [-0.39, 0.29) is 17.6 Å². The molecule has 1 aromatic heterocycles. The molecule has 6 heteroatoms. The van der Waals surface area contributed by atoms with Crippen LogP contribution in [-0.4, -0.2) is 48.8 Å². The third-order valence-electron chi connectivity index (χ3n) is 5.27. The molecular formula is C22H23N3O2S. The molecule has 0 saturated carbocycles. The molecule has 1 amide bonds. The van der Waals surface area contributed by atoms with Crippen LogP contribution in [0.25, 0.3) is 10.2 Å². The molecule has 144 valence electrons. The first kappa shape index (κ1) is 18.6. The molecule has 1 aliphatic rings. The van der Waals surface area contributed by atoms with Crippen molar-refractivity contribution in [2.75, 3.05) is 32.1 Å². The number of piperidine rings is 1. The second kappa shape index (κ2) is 7.72. The van der Waals surface area contributed by atoms with E-state index in [4.69, 9.17) is 0 Å². The Bertz CT molecular complexity index is 986. The molecular weight excluding hydrogens is 370 g/mol. The van der Waals surface area contributed by atoms with E-state index < -0.39 is 0 Å². The topological polar surface area (TPSA) is 53.5 Å². The predicted octanol–water partition coefficient (Wildman–Crippen LogP) is 4.10. The molecule has 0 unspecified atom stereocenters. The Labute approximate surface area is 168 Å². The van der Waals surface area contributed by atoms with E-state index >= 15 is 0 Å². The quantitative estimate of drug-likeness (QED) is 0.627. The van der Waals surface area contributed by atoms with Gasteiger partial charge in [0.05, 0.1) is 10.2 Å². The highest BCUT2D eigenvalue weighted by molar-refractivity contribution is 7.20. The largest absolute Gasteiger partial charge is 0.378 e. The molecule has 0 bridgehead atoms. The second-order valence-electron chi connectivity index (χ2n) is 7.36. The Hall–Kier alpha value is -2.73. The number of hydrogen-bond donors (Lipinski definition) is 0. The number of aromatic nitrogens is 1. The Morgan fingerprint density at radius 1 is 1.07 bits per heavy atom. The number of anilines is 1. The lowest BCUT2D eigenvalue weighted by molar-refractivity contribution is 0.0650. The summed E-state index contributed by atoms with van der Waals surface area (Å²) in [6.07, 6.45) is 1.38. The van der Waals surface area contributed by atoms with Gasteiger partial charge in [-0.1, -0.05) is 18.2 Å². The first-order valence-corrected chi connectivity index (χ1v) is 10.3. The highest BCUT2D eigenvalue weighted by Gasteiger charge is 2.30. The summed E-state index contributed by atoms with van der Waals surface area (Å²) in [5, 5.41) is 0.588. The standard InChI is InChI=1S/C22H23N3O2S/c1-24(2)17-7-5-6-16(14-17)22(27)25-12-10-15(11-13-25)20(26)21-23-18-8-3-4-9-19(18)28-21/h3-9,14-15H,10-13H2,1-2H3. The number of likely N-dealkylation sites (tertiary alicyclic amines) is 1. The molecule has 0 radical (unpaired) electrons. The van der Waals surface area contributed by atoms with E-state index in [2.05, 4.69) is 4.98 Å². The van der Waals surface area contributed by atoms with Crippen molar-refractivity contribution in [3.8, 4) is 0 Å². The maximum Gasteiger partial charge on any atom is 0.253 e. The Balaban J connectivity index is 1.42. The molecule has 0 N–H and O–H groups in total. The van der Waals surface area contributed by atoms with Gasteiger partial charge in [0.2, 0.25) is 0 Å². The fourth-order valence-electron chi connectivity index (χ4n) is 3.60. The van der Waals surface area contributed by atoms with E-state index in [0.717, 1.165) is 15.9 Å². The van der Waals surface area contributed by atoms with Crippen molar-refractivity contribution >= 4 is 38.9 Å². The highest BCUT2D eigenvalue weighted by atomic mass is 32.1. The van der Waals surface area contributed by atoms with Crippen LogP contribution in [0.4, 0.5) is 5.69 Å². The van der Waals surface area contributed by atoms with Gasteiger partial charge >= 0.3 is 0 Å². The summed E-state index contributed by atoms with van der Waals surface area (Å²) < 4.78 is 1.04. The molecule has 2 heterocycles. The van der Waals surface area contributed by atoms with Gasteiger partial charge in [0.25, 0.3) is 5.91 Å². The molecule has 3 aromatic rings. The number of benzene rings is 2. The number of ketones is 1. The molecule has 1 saturated heterocycles. The Morgan fingerprint density at radius 3 is 2.54 bits per heavy atom. The minimum absolute atomic E-state index is 0.0367. The normalized spacial score (nSPS) is 15.0. The average Bonchev–Trinajstić information content (AvgIpc) is 3.17. The number of amides is 1. The summed E-state index contributed by atoms with van der Waals surface area (Å²) in [6.45, 7) is 1.21. The maximum absolute atomic E-state index is 12.9. The first-order valence-electron chi connectivity index (χ1n) is 9.49. The third kappa shape index (κ3) is 3.64. The van der Waals surface area contributed by atoms with Gasteiger partial charge < -0.3 is 9.80 Å². The Morgan fingerprint density at radius 2 is 1.82 bits per heavy atom. The van der Waals surface area contributed by atoms with Gasteiger partial charge in [-0.25, -0.2) is 4.98 Å². The summed E-state index contributed by atoms with van der Waals surface area (Å²) in [6, 6.07) is 15.5. The van der Waals surface area contributed by atoms with Crippen molar-refractivity contribution < 1.29 is 9.59 Å². The van der Waals surface area contributed by atoms with Gasteiger partial charge in [0.15, 0.2) is 10.8 Å². The molecule has 0 spiro atoms. The summed E-state index contributed by atoms with van der Waals surface area (Å²) in [5.41, 5.74) is 2.58. The monoisotopic (exact) mass is 393 g/mol. The van der Waals surface area contributed by atoms with Crippen LogP contribution in [0, 0.1) is 5.92 Å². The van der Waals surface area contributed by atoms with Gasteiger partial charge in [-0.05, 0) is 43.2 Å². The summed E-state index contributed by atoms with van der Waals surface area (Å²) in [7, 11) is 3.92. The predicted molar refractivity (Wildman–Crippen MR) is 113 cm³/mol. The van der Waals surface area contributed by atoms with Crippen LogP contribution in [-0.2, 0) is 0 Å². The molecule has 1 fully saturated rings. The highest BCUT2D eigenvalue weighted by Crippen LogP contribution is 2.28. The lowest BCUT2D eigenvalue weighted by atomic mass is 9.92. The van der Waals surface area contributed by atoms with Crippen LogP contribution in [0.5, 0.6) is 0 Å². The fourth-order valence-corrected chi connectivity index (χ4v) is 4.58. The van der Waals surface area contributed by atoms with Crippen LogP contribution < -0.4 is 4.90 Å². The Kier molecular flexibility index (Phi) is 5.13. The van der Waals surface area contributed by atoms with Crippen LogP contribution in [0.15, 0.2) is 48.5 Å². The molecule has 0 atom stereocenters. The van der Waals surface area contributed by atoms with E-state index in [1.54, 1.807) is 0 Å². The zero-order chi connectivity index (χ0) is 19.7. The lowest BCUT2D eigenvalue weighted by Gasteiger charge is -2.31. The van der Waals surface area contributed by atoms with Crippen molar-refractivity contribution in [1.82, 2.24) is 9.88 Å². The number of thiazole rings is 1. The number of carbonyl (C=O) groups excluding carboxylic acids is 2. The number of Topliss-reactive ketones (excluding diaryl/α,β-unsaturated/α-hetero) is 1. The summed E-state index contributed by atoms with van der Waals surface area (Å²) in [5.74, 6) is 0.0928. The van der Waals surface area contributed by atoms with Crippen molar-refractivity contribution in [2.24, 2.45) is 5.92 Å². The molecule has 0 aliphatic carbocycles. The fraction of sp³-hybridized carbons (Fsp3) is 0.318. The van der Waals surface area contributed by atoms with Gasteiger partial charge in [-0.2, -0.15) is 0 Å². The number of hydrogen-bond acceptors (Lipinski definition) is 5. The molecule has 4 rings (SSSR count). The zero-order valence-electron chi connectivity index (χ0n) is 16.1. The molecule has 5 nitrogen and oxygen atoms in total. The minimum atomic E-state index is -0.0577. The van der Waals surface area contributed by atoms with E-state index in [9.17, 15) is 9.59 Å². The minimum Gasteiger partial charge on any atom is -0.378 e. The van der Waals surface area contributed by atoms with Crippen molar-refractivity contribution in [1.29, 1.82) is 0 Å². The SMILES string of the molecule is CN(C)c1cccc(C(=O)N2CCC(C(=O)c3nc4ccccc4s3)CC2)c1. The van der Waals surface area contributed by atoms with Crippen LogP contribution in [0.2, 0.25) is 0 Å². The second-order valence-corrected chi connectivity index (χ2v) is 8.39. The number of carbonyl (C=O) groups is 2. The smallest absolute Gasteiger partial charge is 0.253 e.